The van der Waals surface area contributed by atoms with Crippen LogP contribution in [0.1, 0.15) is 206 Å². The fraction of sp³-hybridized carbons (Fsp3) is 0.797. The zero-order valence-electron chi connectivity index (χ0n) is 45.6. The number of allylic oxidation sites excluding steroid dienone is 10. The molecule has 0 amide bonds. The van der Waals surface area contributed by atoms with E-state index in [4.69, 9.17) is 28.4 Å². The molecule has 0 aliphatic carbocycles. The Morgan fingerprint density at radius 3 is 1.32 bits per heavy atom. The van der Waals surface area contributed by atoms with E-state index in [0.717, 1.165) is 51.4 Å². The maximum Gasteiger partial charge on any atom is 0.306 e. The van der Waals surface area contributed by atoms with Crippen molar-refractivity contribution in [2.24, 2.45) is 0 Å². The Kier molecular flexibility index (Phi) is 41.2. The topological polar surface area (TPSA) is 231 Å². The maximum absolute atomic E-state index is 13.0. The first kappa shape index (κ1) is 67.3. The second-order valence-corrected chi connectivity index (χ2v) is 20.1. The van der Waals surface area contributed by atoms with Gasteiger partial charge in [0.05, 0.1) is 19.8 Å². The summed E-state index contributed by atoms with van der Waals surface area (Å²) >= 11 is 0. The molecule has 0 radical (unpaired) electrons. The van der Waals surface area contributed by atoms with Crippen molar-refractivity contribution in [2.75, 3.05) is 26.4 Å². The standard InChI is InChI=1S/C59H102O15/c1-3-5-7-9-11-13-15-17-19-21-22-23-24-26-27-29-31-33-35-37-39-41-50(61)69-44-47(72-51(62)42-40-38-36-34-32-30-28-25-20-18-16-14-12-10-8-6-4-2)45-70-58-57(68)55(66)53(64)49(74-58)46-71-59-56(67)54(65)52(63)48(43-60)73-59/h6,8,12,14,18,20,28,30,34,36,47-49,52-60,63-68H,3-5,7,9-11,13,15-17,19,21-27,29,31-33,35,37-46H2,1-2H3/b8-6+,14-12+,20-18+,30-28+,36-34+/t47-,48+,49+,52-,53-,54?,55?,56?,57?,58+,59+/m0/s1. The highest BCUT2D eigenvalue weighted by molar-refractivity contribution is 5.70. The van der Waals surface area contributed by atoms with Crippen LogP contribution in [0.15, 0.2) is 60.8 Å². The summed E-state index contributed by atoms with van der Waals surface area (Å²) in [4.78, 5) is 25.9. The van der Waals surface area contributed by atoms with Crippen LogP contribution in [0.2, 0.25) is 0 Å². The summed E-state index contributed by atoms with van der Waals surface area (Å²) in [7, 11) is 0. The third-order valence-electron chi connectivity index (χ3n) is 13.5. The Morgan fingerprint density at radius 2 is 0.851 bits per heavy atom. The number of aliphatic hydroxyl groups excluding tert-OH is 7. The number of aliphatic hydroxyl groups is 7. The fourth-order valence-corrected chi connectivity index (χ4v) is 8.84. The number of ether oxygens (including phenoxy) is 6. The first-order valence-electron chi connectivity index (χ1n) is 28.9. The smallest absolute Gasteiger partial charge is 0.306 e. The van der Waals surface area contributed by atoms with Gasteiger partial charge in [-0.05, 0) is 51.4 Å². The fourth-order valence-electron chi connectivity index (χ4n) is 8.84. The Balaban J connectivity index is 1.77. The molecule has 4 unspecified atom stereocenters. The molecule has 0 bridgehead atoms. The summed E-state index contributed by atoms with van der Waals surface area (Å²) in [5, 5.41) is 72.2. The summed E-state index contributed by atoms with van der Waals surface area (Å²) < 4.78 is 33.6. The third-order valence-corrected chi connectivity index (χ3v) is 13.5. The second-order valence-electron chi connectivity index (χ2n) is 20.1. The largest absolute Gasteiger partial charge is 0.462 e. The van der Waals surface area contributed by atoms with Crippen LogP contribution in [0.5, 0.6) is 0 Å². The summed E-state index contributed by atoms with van der Waals surface area (Å²) in [5.41, 5.74) is 0. The summed E-state index contributed by atoms with van der Waals surface area (Å²) in [6.07, 6.45) is 36.8. The van der Waals surface area contributed by atoms with E-state index in [0.29, 0.717) is 19.3 Å². The van der Waals surface area contributed by atoms with Gasteiger partial charge in [-0.15, -0.1) is 0 Å². The van der Waals surface area contributed by atoms with E-state index in [1.54, 1.807) is 0 Å². The minimum Gasteiger partial charge on any atom is -0.462 e. The van der Waals surface area contributed by atoms with Gasteiger partial charge in [0.2, 0.25) is 0 Å². The van der Waals surface area contributed by atoms with Crippen molar-refractivity contribution in [1.29, 1.82) is 0 Å². The minimum atomic E-state index is -1.78. The first-order chi connectivity index (χ1) is 36.0. The van der Waals surface area contributed by atoms with Gasteiger partial charge < -0.3 is 64.2 Å². The van der Waals surface area contributed by atoms with E-state index in [1.165, 1.54) is 109 Å². The van der Waals surface area contributed by atoms with Gasteiger partial charge in [-0.25, -0.2) is 0 Å². The van der Waals surface area contributed by atoms with Crippen LogP contribution in [0.25, 0.3) is 0 Å². The normalized spacial score (nSPS) is 25.1. The van der Waals surface area contributed by atoms with Gasteiger partial charge >= 0.3 is 11.9 Å². The van der Waals surface area contributed by atoms with Crippen molar-refractivity contribution in [2.45, 2.75) is 274 Å². The highest BCUT2D eigenvalue weighted by Gasteiger charge is 2.47. The van der Waals surface area contributed by atoms with E-state index in [-0.39, 0.29) is 19.4 Å². The van der Waals surface area contributed by atoms with Crippen molar-refractivity contribution in [3.63, 3.8) is 0 Å². The Labute approximate surface area is 445 Å². The average Bonchev–Trinajstić information content (AvgIpc) is 3.39. The molecule has 428 valence electrons. The lowest BCUT2D eigenvalue weighted by Crippen LogP contribution is -2.61. The van der Waals surface area contributed by atoms with Crippen molar-refractivity contribution in [1.82, 2.24) is 0 Å². The van der Waals surface area contributed by atoms with Crippen molar-refractivity contribution in [3.8, 4) is 0 Å². The molecule has 2 aliphatic rings. The molecule has 2 saturated heterocycles. The number of hydrogen-bond acceptors (Lipinski definition) is 15. The molecule has 74 heavy (non-hydrogen) atoms. The molecule has 7 N–H and O–H groups in total. The summed E-state index contributed by atoms with van der Waals surface area (Å²) in [5.74, 6) is -0.988. The maximum atomic E-state index is 13.0. The number of carbonyl (C=O) groups is 2. The van der Waals surface area contributed by atoms with Crippen LogP contribution in [0, 0.1) is 0 Å². The molecule has 0 aromatic heterocycles. The quantitative estimate of drug-likeness (QED) is 0.0171. The van der Waals surface area contributed by atoms with Gasteiger partial charge in [-0.3, -0.25) is 9.59 Å². The zero-order valence-corrected chi connectivity index (χ0v) is 45.6. The van der Waals surface area contributed by atoms with Gasteiger partial charge in [0, 0.05) is 12.8 Å². The van der Waals surface area contributed by atoms with Crippen molar-refractivity contribution < 1.29 is 73.8 Å². The SMILES string of the molecule is CC/C=C/C/C=C/C/C=C/C/C=C/C/C=C/CCCC(=O)O[C@@H](COC(=O)CCCCCCCCCCCCCCCCCCCCCCC)CO[C@@H]1O[C@H](CO[C@@H]2O[C@H](CO)[C@H](O)C(O)C2O)[C@H](O)C(O)C1O. The van der Waals surface area contributed by atoms with Crippen LogP contribution >= 0.6 is 0 Å². The molecule has 2 aliphatic heterocycles. The number of carbonyl (C=O) groups excluding carboxylic acids is 2. The van der Waals surface area contributed by atoms with Gasteiger partial charge in [0.15, 0.2) is 18.7 Å². The highest BCUT2D eigenvalue weighted by atomic mass is 16.7. The van der Waals surface area contributed by atoms with Crippen LogP contribution in [-0.2, 0) is 38.0 Å². The van der Waals surface area contributed by atoms with Crippen molar-refractivity contribution in [3.05, 3.63) is 60.8 Å². The molecule has 2 heterocycles. The lowest BCUT2D eigenvalue weighted by Gasteiger charge is -2.42. The molecule has 15 heteroatoms. The van der Waals surface area contributed by atoms with E-state index >= 15 is 0 Å². The average molecular weight is 1050 g/mol. The second kappa shape index (κ2) is 45.2. The zero-order chi connectivity index (χ0) is 53.9. The highest BCUT2D eigenvalue weighted by Crippen LogP contribution is 2.27. The molecule has 15 nitrogen and oxygen atoms in total. The number of esters is 2. The lowest BCUT2D eigenvalue weighted by atomic mass is 9.98. The first-order valence-corrected chi connectivity index (χ1v) is 28.9. The molecule has 0 aromatic rings. The Hall–Kier alpha value is -2.80. The van der Waals surface area contributed by atoms with Gasteiger partial charge in [0.1, 0.15) is 55.4 Å². The molecule has 0 aromatic carbocycles. The Bertz CT molecular complexity index is 1520. The summed E-state index contributed by atoms with van der Waals surface area (Å²) in [6, 6.07) is 0. The molecule has 2 fully saturated rings. The molecular weight excluding hydrogens is 949 g/mol. The monoisotopic (exact) mass is 1050 g/mol. The molecule has 2 rings (SSSR count). The minimum absolute atomic E-state index is 0.0863. The molecule has 11 atom stereocenters. The Morgan fingerprint density at radius 1 is 0.446 bits per heavy atom. The van der Waals surface area contributed by atoms with Crippen molar-refractivity contribution >= 4 is 11.9 Å². The van der Waals surface area contributed by atoms with E-state index < -0.39 is 99.3 Å². The molecule has 0 spiro atoms. The van der Waals surface area contributed by atoms with Gasteiger partial charge in [0.25, 0.3) is 0 Å². The van der Waals surface area contributed by atoms with Crippen LogP contribution in [0.4, 0.5) is 0 Å². The number of unbranched alkanes of at least 4 members (excludes halogenated alkanes) is 21. The summed E-state index contributed by atoms with van der Waals surface area (Å²) in [6.45, 7) is 2.44. The van der Waals surface area contributed by atoms with E-state index in [1.807, 2.05) is 12.2 Å². The van der Waals surface area contributed by atoms with Gasteiger partial charge in [-0.2, -0.15) is 0 Å². The predicted molar refractivity (Wildman–Crippen MR) is 289 cm³/mol. The lowest BCUT2D eigenvalue weighted by molar-refractivity contribution is -0.332. The van der Waals surface area contributed by atoms with Crippen LogP contribution in [-0.4, -0.2) is 142 Å². The molecule has 0 saturated carbocycles. The third kappa shape index (κ3) is 32.1. The van der Waals surface area contributed by atoms with Crippen LogP contribution in [0.3, 0.4) is 0 Å². The van der Waals surface area contributed by atoms with E-state index in [2.05, 4.69) is 62.5 Å². The van der Waals surface area contributed by atoms with Crippen LogP contribution < -0.4 is 0 Å². The predicted octanol–water partition coefficient (Wildman–Crippen LogP) is 9.61. The number of rotatable bonds is 45. The van der Waals surface area contributed by atoms with Gasteiger partial charge in [-0.1, -0.05) is 203 Å². The van der Waals surface area contributed by atoms with E-state index in [9.17, 15) is 45.3 Å². The molecular formula is C59H102O15. The number of hydrogen-bond donors (Lipinski definition) is 7.